The predicted octanol–water partition coefficient (Wildman–Crippen LogP) is 3.90. The number of para-hydroxylation sites is 1. The smallest absolute Gasteiger partial charge is 0.148 e. The number of benzene rings is 2. The lowest BCUT2D eigenvalue weighted by atomic mass is 10.1. The van der Waals surface area contributed by atoms with Gasteiger partial charge in [-0.3, -0.25) is 4.99 Å². The fourth-order valence-electron chi connectivity index (χ4n) is 1.79. The number of hydrogen-bond donors (Lipinski definition) is 1. The molecule has 2 nitrogen and oxygen atoms in total. The summed E-state index contributed by atoms with van der Waals surface area (Å²) in [5, 5.41) is 9.88. The maximum absolute atomic E-state index is 13.4. The molecule has 0 fully saturated rings. The minimum absolute atomic E-state index is 0.181. The summed E-state index contributed by atoms with van der Waals surface area (Å²) in [6, 6.07) is 9.97. The van der Waals surface area contributed by atoms with E-state index in [-0.39, 0.29) is 17.3 Å². The first kappa shape index (κ1) is 12.3. The SMILES string of the molecule is Cc1cc(C)c(O)c(/C=N/c2ccccc2F)c1. The zero-order valence-electron chi connectivity index (χ0n) is 10.3. The molecule has 2 rings (SSSR count). The molecule has 3 heteroatoms. The monoisotopic (exact) mass is 243 g/mol. The van der Waals surface area contributed by atoms with Crippen LogP contribution in [0.5, 0.6) is 5.75 Å². The summed E-state index contributed by atoms with van der Waals surface area (Å²) in [5.74, 6) is -0.196. The Morgan fingerprint density at radius 3 is 2.61 bits per heavy atom. The molecule has 0 aromatic heterocycles. The molecule has 18 heavy (non-hydrogen) atoms. The Kier molecular flexibility index (Phi) is 3.42. The van der Waals surface area contributed by atoms with Gasteiger partial charge in [0.1, 0.15) is 11.6 Å². The first-order valence-electron chi connectivity index (χ1n) is 5.67. The van der Waals surface area contributed by atoms with Crippen LogP contribution in [0.2, 0.25) is 0 Å². The van der Waals surface area contributed by atoms with E-state index < -0.39 is 0 Å². The van der Waals surface area contributed by atoms with Gasteiger partial charge >= 0.3 is 0 Å². The van der Waals surface area contributed by atoms with Crippen LogP contribution in [0.15, 0.2) is 41.4 Å². The number of phenols is 1. The maximum Gasteiger partial charge on any atom is 0.148 e. The van der Waals surface area contributed by atoms with Gasteiger partial charge in [0.2, 0.25) is 0 Å². The third-order valence-corrected chi connectivity index (χ3v) is 2.67. The quantitative estimate of drug-likeness (QED) is 0.797. The Bertz CT molecular complexity index is 605. The lowest BCUT2D eigenvalue weighted by Gasteiger charge is -2.04. The highest BCUT2D eigenvalue weighted by Gasteiger charge is 2.04. The van der Waals surface area contributed by atoms with E-state index in [2.05, 4.69) is 4.99 Å². The second kappa shape index (κ2) is 5.00. The topological polar surface area (TPSA) is 32.6 Å². The molecule has 0 aliphatic carbocycles. The van der Waals surface area contributed by atoms with E-state index in [1.54, 1.807) is 18.2 Å². The van der Waals surface area contributed by atoms with Crippen LogP contribution >= 0.6 is 0 Å². The molecular formula is C15H14FNO. The summed E-state index contributed by atoms with van der Waals surface area (Å²) in [7, 11) is 0. The van der Waals surface area contributed by atoms with Crippen LogP contribution in [0.25, 0.3) is 0 Å². The molecule has 0 bridgehead atoms. The van der Waals surface area contributed by atoms with Crippen molar-refractivity contribution in [3.63, 3.8) is 0 Å². The van der Waals surface area contributed by atoms with Crippen molar-refractivity contribution >= 4 is 11.9 Å². The van der Waals surface area contributed by atoms with Gasteiger partial charge in [0.05, 0.1) is 5.69 Å². The fraction of sp³-hybridized carbons (Fsp3) is 0.133. The Morgan fingerprint density at radius 1 is 1.17 bits per heavy atom. The number of aryl methyl sites for hydroxylation is 2. The van der Waals surface area contributed by atoms with Gasteiger partial charge in [0.25, 0.3) is 0 Å². The predicted molar refractivity (Wildman–Crippen MR) is 71.2 cm³/mol. The molecule has 0 unspecified atom stereocenters. The van der Waals surface area contributed by atoms with E-state index in [0.29, 0.717) is 5.56 Å². The summed E-state index contributed by atoms with van der Waals surface area (Å²) in [6.45, 7) is 3.76. The zero-order chi connectivity index (χ0) is 13.1. The first-order chi connectivity index (χ1) is 8.58. The summed E-state index contributed by atoms with van der Waals surface area (Å²) < 4.78 is 13.4. The lowest BCUT2D eigenvalue weighted by molar-refractivity contribution is 0.470. The van der Waals surface area contributed by atoms with Gasteiger partial charge in [-0.1, -0.05) is 18.2 Å². The molecule has 0 spiro atoms. The zero-order valence-corrected chi connectivity index (χ0v) is 10.3. The van der Waals surface area contributed by atoms with Crippen LogP contribution in [-0.4, -0.2) is 11.3 Å². The molecule has 0 aliphatic heterocycles. The van der Waals surface area contributed by atoms with Crippen LogP contribution in [0.4, 0.5) is 10.1 Å². The van der Waals surface area contributed by atoms with Gasteiger partial charge in [0.15, 0.2) is 0 Å². The molecule has 2 aromatic carbocycles. The summed E-state index contributed by atoms with van der Waals surface area (Å²) in [4.78, 5) is 4.06. The highest BCUT2D eigenvalue weighted by Crippen LogP contribution is 2.23. The van der Waals surface area contributed by atoms with Crippen molar-refractivity contribution in [3.05, 3.63) is 58.9 Å². The van der Waals surface area contributed by atoms with E-state index in [1.807, 2.05) is 26.0 Å². The minimum atomic E-state index is -0.377. The van der Waals surface area contributed by atoms with Gasteiger partial charge in [-0.25, -0.2) is 4.39 Å². The van der Waals surface area contributed by atoms with Crippen molar-refractivity contribution in [2.75, 3.05) is 0 Å². The molecule has 0 saturated heterocycles. The van der Waals surface area contributed by atoms with E-state index in [4.69, 9.17) is 0 Å². The van der Waals surface area contributed by atoms with Crippen molar-refractivity contribution < 1.29 is 9.50 Å². The van der Waals surface area contributed by atoms with E-state index in [9.17, 15) is 9.50 Å². The second-order valence-electron chi connectivity index (χ2n) is 4.23. The van der Waals surface area contributed by atoms with Gasteiger partial charge in [-0.2, -0.15) is 0 Å². The normalized spacial score (nSPS) is 11.1. The van der Waals surface area contributed by atoms with Crippen molar-refractivity contribution in [1.82, 2.24) is 0 Å². The third-order valence-electron chi connectivity index (χ3n) is 2.67. The van der Waals surface area contributed by atoms with Gasteiger partial charge < -0.3 is 5.11 Å². The molecule has 0 amide bonds. The highest BCUT2D eigenvalue weighted by atomic mass is 19.1. The summed E-state index contributed by atoms with van der Waals surface area (Å²) in [6.07, 6.45) is 1.48. The van der Waals surface area contributed by atoms with Crippen molar-refractivity contribution in [2.45, 2.75) is 13.8 Å². The molecule has 0 atom stereocenters. The molecule has 2 aromatic rings. The van der Waals surface area contributed by atoms with Crippen LogP contribution < -0.4 is 0 Å². The van der Waals surface area contributed by atoms with Gasteiger partial charge in [0, 0.05) is 11.8 Å². The maximum atomic E-state index is 13.4. The van der Waals surface area contributed by atoms with Gasteiger partial charge in [-0.15, -0.1) is 0 Å². The van der Waals surface area contributed by atoms with E-state index in [1.165, 1.54) is 12.3 Å². The molecule has 0 radical (unpaired) electrons. The highest BCUT2D eigenvalue weighted by molar-refractivity contribution is 5.86. The minimum Gasteiger partial charge on any atom is -0.507 e. The largest absolute Gasteiger partial charge is 0.507 e. The van der Waals surface area contributed by atoms with Crippen molar-refractivity contribution in [3.8, 4) is 5.75 Å². The molecule has 0 saturated carbocycles. The average Bonchev–Trinajstić information content (AvgIpc) is 2.33. The Hall–Kier alpha value is -2.16. The molecular weight excluding hydrogens is 229 g/mol. The Balaban J connectivity index is 2.38. The van der Waals surface area contributed by atoms with Crippen LogP contribution in [0, 0.1) is 19.7 Å². The Morgan fingerprint density at radius 2 is 1.89 bits per heavy atom. The van der Waals surface area contributed by atoms with Gasteiger partial charge in [-0.05, 0) is 43.2 Å². The lowest BCUT2D eigenvalue weighted by Crippen LogP contribution is -1.88. The third kappa shape index (κ3) is 2.56. The molecule has 0 heterocycles. The second-order valence-corrected chi connectivity index (χ2v) is 4.23. The standard InChI is InChI=1S/C15H14FNO/c1-10-7-11(2)15(18)12(8-10)9-17-14-6-4-3-5-13(14)16/h3-9,18H,1-2H3/b17-9+. The molecule has 1 N–H and O–H groups in total. The number of aliphatic imine (C=N–C) groups is 1. The fourth-order valence-corrected chi connectivity index (χ4v) is 1.79. The Labute approximate surface area is 105 Å². The number of phenolic OH excluding ortho intramolecular Hbond substituents is 1. The molecule has 92 valence electrons. The number of nitrogens with zero attached hydrogens (tertiary/aromatic N) is 1. The summed E-state index contributed by atoms with van der Waals surface area (Å²) in [5.41, 5.74) is 2.66. The van der Waals surface area contributed by atoms with E-state index in [0.717, 1.165) is 11.1 Å². The summed E-state index contributed by atoms with van der Waals surface area (Å²) >= 11 is 0. The first-order valence-corrected chi connectivity index (χ1v) is 5.67. The average molecular weight is 243 g/mol. The van der Waals surface area contributed by atoms with Crippen molar-refractivity contribution in [1.29, 1.82) is 0 Å². The van der Waals surface area contributed by atoms with Crippen molar-refractivity contribution in [2.24, 2.45) is 4.99 Å². The number of rotatable bonds is 2. The van der Waals surface area contributed by atoms with E-state index >= 15 is 0 Å². The number of halogens is 1. The van der Waals surface area contributed by atoms with Crippen LogP contribution in [-0.2, 0) is 0 Å². The number of hydrogen-bond acceptors (Lipinski definition) is 2. The number of aromatic hydroxyl groups is 1. The van der Waals surface area contributed by atoms with Crippen LogP contribution in [0.1, 0.15) is 16.7 Å². The molecule has 0 aliphatic rings. The van der Waals surface area contributed by atoms with Crippen LogP contribution in [0.3, 0.4) is 0 Å².